The van der Waals surface area contributed by atoms with Gasteiger partial charge < -0.3 is 9.88 Å². The van der Waals surface area contributed by atoms with E-state index in [-0.39, 0.29) is 0 Å². The van der Waals surface area contributed by atoms with Gasteiger partial charge in [0, 0.05) is 25.3 Å². The first-order valence-electron chi connectivity index (χ1n) is 11.2. The van der Waals surface area contributed by atoms with Crippen molar-refractivity contribution in [1.29, 1.82) is 0 Å². The minimum absolute atomic E-state index is 0.340. The van der Waals surface area contributed by atoms with Gasteiger partial charge >= 0.3 is 0 Å². The second-order valence-corrected chi connectivity index (χ2v) is 10.4. The van der Waals surface area contributed by atoms with Crippen LogP contribution in [-0.4, -0.2) is 35.4 Å². The van der Waals surface area contributed by atoms with Crippen molar-refractivity contribution >= 4 is 26.7 Å². The number of aryl methyl sites for hydroxylation is 1. The molecule has 0 unspecified atom stereocenters. The van der Waals surface area contributed by atoms with Crippen molar-refractivity contribution < 1.29 is 8.42 Å². The lowest BCUT2D eigenvalue weighted by molar-refractivity contribution is 0.346. The Bertz CT molecular complexity index is 1160. The largest absolute Gasteiger partial charge is 0.378 e. The molecule has 31 heavy (non-hydrogen) atoms. The number of hydrogen-bond donors (Lipinski definition) is 1. The van der Waals surface area contributed by atoms with Gasteiger partial charge in [0.2, 0.25) is 10.0 Å². The zero-order chi connectivity index (χ0) is 22.0. The Hall–Kier alpha value is -2.38. The monoisotopic (exact) mass is 440 g/mol. The van der Waals surface area contributed by atoms with E-state index in [1.165, 1.54) is 5.56 Å². The molecule has 1 aliphatic rings. The van der Waals surface area contributed by atoms with Gasteiger partial charge in [-0.1, -0.05) is 38.5 Å². The van der Waals surface area contributed by atoms with Crippen LogP contribution in [-0.2, 0) is 23.1 Å². The highest BCUT2D eigenvalue weighted by Gasteiger charge is 2.26. The summed E-state index contributed by atoms with van der Waals surface area (Å²) < 4.78 is 29.9. The summed E-state index contributed by atoms with van der Waals surface area (Å²) in [7, 11) is -3.47. The molecule has 0 amide bonds. The van der Waals surface area contributed by atoms with Crippen LogP contribution in [0.15, 0.2) is 47.4 Å². The van der Waals surface area contributed by atoms with Gasteiger partial charge in [0.1, 0.15) is 5.82 Å². The van der Waals surface area contributed by atoms with E-state index in [0.29, 0.717) is 30.4 Å². The third kappa shape index (κ3) is 4.34. The van der Waals surface area contributed by atoms with Crippen LogP contribution in [0.2, 0.25) is 0 Å². The second-order valence-electron chi connectivity index (χ2n) is 8.48. The predicted molar refractivity (Wildman–Crippen MR) is 126 cm³/mol. The highest BCUT2D eigenvalue weighted by molar-refractivity contribution is 7.89. The van der Waals surface area contributed by atoms with E-state index in [0.717, 1.165) is 48.4 Å². The van der Waals surface area contributed by atoms with Crippen LogP contribution in [0.3, 0.4) is 0 Å². The molecule has 1 fully saturated rings. The topological polar surface area (TPSA) is 67.2 Å². The molecule has 2 aromatic carbocycles. The predicted octanol–water partition coefficient (Wildman–Crippen LogP) is 4.97. The van der Waals surface area contributed by atoms with Gasteiger partial charge in [-0.25, -0.2) is 13.4 Å². The second kappa shape index (κ2) is 9.01. The first-order chi connectivity index (χ1) is 14.9. The number of hydrogen-bond acceptors (Lipinski definition) is 4. The van der Waals surface area contributed by atoms with Gasteiger partial charge in [-0.05, 0) is 55.5 Å². The van der Waals surface area contributed by atoms with Crippen LogP contribution in [0.5, 0.6) is 0 Å². The molecule has 0 bridgehead atoms. The number of nitrogens with one attached hydrogen (secondary N) is 1. The average molecular weight is 441 g/mol. The first kappa shape index (κ1) is 21.8. The molecule has 3 aromatic rings. The van der Waals surface area contributed by atoms with Crippen molar-refractivity contribution in [3.8, 4) is 0 Å². The van der Waals surface area contributed by atoms with E-state index in [9.17, 15) is 8.42 Å². The quantitative estimate of drug-likeness (QED) is 0.563. The van der Waals surface area contributed by atoms with E-state index in [1.54, 1.807) is 16.4 Å². The normalized spacial score (nSPS) is 15.6. The SMILES string of the molecule is CCn1c(CNc2ccccc2C(C)C)nc2cc(S(=O)(=O)N3CCCCC3)ccc21. The number of fused-ring (bicyclic) bond motifs is 1. The Labute approximate surface area is 185 Å². The number of rotatable bonds is 7. The maximum atomic E-state index is 13.1. The van der Waals surface area contributed by atoms with Gasteiger partial charge in [0.25, 0.3) is 0 Å². The molecule has 2 heterocycles. The van der Waals surface area contributed by atoms with E-state index >= 15 is 0 Å². The molecule has 0 saturated carbocycles. The molecule has 7 heteroatoms. The fourth-order valence-electron chi connectivity index (χ4n) is 4.40. The third-order valence-electron chi connectivity index (χ3n) is 6.09. The van der Waals surface area contributed by atoms with E-state index in [1.807, 2.05) is 12.1 Å². The molecule has 1 N–H and O–H groups in total. The van der Waals surface area contributed by atoms with Gasteiger partial charge in [-0.15, -0.1) is 0 Å². The zero-order valence-electron chi connectivity index (χ0n) is 18.6. The minimum Gasteiger partial charge on any atom is -0.378 e. The number of benzene rings is 2. The van der Waals surface area contributed by atoms with E-state index in [4.69, 9.17) is 4.98 Å². The van der Waals surface area contributed by atoms with Crippen LogP contribution in [0.1, 0.15) is 57.3 Å². The Balaban J connectivity index is 1.63. The summed E-state index contributed by atoms with van der Waals surface area (Å²) in [5.41, 5.74) is 4.08. The maximum absolute atomic E-state index is 13.1. The van der Waals surface area contributed by atoms with Crippen LogP contribution >= 0.6 is 0 Å². The van der Waals surface area contributed by atoms with Crippen molar-refractivity contribution in [3.05, 3.63) is 53.9 Å². The molecule has 1 aromatic heterocycles. The summed E-state index contributed by atoms with van der Waals surface area (Å²) in [6.07, 6.45) is 2.96. The van der Waals surface area contributed by atoms with Crippen molar-refractivity contribution in [2.75, 3.05) is 18.4 Å². The Morgan fingerprint density at radius 3 is 2.52 bits per heavy atom. The highest BCUT2D eigenvalue weighted by atomic mass is 32.2. The van der Waals surface area contributed by atoms with Gasteiger partial charge in [0.05, 0.1) is 22.5 Å². The Morgan fingerprint density at radius 1 is 1.06 bits per heavy atom. The number of anilines is 1. The van der Waals surface area contributed by atoms with Gasteiger partial charge in [-0.2, -0.15) is 4.31 Å². The molecule has 0 radical (unpaired) electrons. The molecular weight excluding hydrogens is 408 g/mol. The summed E-state index contributed by atoms with van der Waals surface area (Å²) in [5.74, 6) is 1.33. The lowest BCUT2D eigenvalue weighted by Gasteiger charge is -2.25. The van der Waals surface area contributed by atoms with Crippen LogP contribution < -0.4 is 5.32 Å². The van der Waals surface area contributed by atoms with Crippen molar-refractivity contribution in [1.82, 2.24) is 13.9 Å². The summed E-state index contributed by atoms with van der Waals surface area (Å²) in [6, 6.07) is 13.7. The molecule has 1 aliphatic heterocycles. The van der Waals surface area contributed by atoms with E-state index in [2.05, 4.69) is 48.9 Å². The van der Waals surface area contributed by atoms with Crippen molar-refractivity contribution in [2.45, 2.75) is 63.9 Å². The third-order valence-corrected chi connectivity index (χ3v) is 7.98. The van der Waals surface area contributed by atoms with Crippen LogP contribution in [0.25, 0.3) is 11.0 Å². The number of piperidine rings is 1. The average Bonchev–Trinajstić information content (AvgIpc) is 3.15. The Morgan fingerprint density at radius 2 is 1.81 bits per heavy atom. The van der Waals surface area contributed by atoms with Crippen LogP contribution in [0.4, 0.5) is 5.69 Å². The summed E-state index contributed by atoms with van der Waals surface area (Å²) >= 11 is 0. The Kier molecular flexibility index (Phi) is 6.34. The van der Waals surface area contributed by atoms with Crippen molar-refractivity contribution in [3.63, 3.8) is 0 Å². The van der Waals surface area contributed by atoms with E-state index < -0.39 is 10.0 Å². The maximum Gasteiger partial charge on any atom is 0.243 e. The van der Waals surface area contributed by atoms with Gasteiger partial charge in [0.15, 0.2) is 0 Å². The molecule has 0 aliphatic carbocycles. The lowest BCUT2D eigenvalue weighted by atomic mass is 10.0. The molecule has 0 spiro atoms. The molecule has 0 atom stereocenters. The summed E-state index contributed by atoms with van der Waals surface area (Å²) in [5, 5.41) is 3.53. The fraction of sp³-hybridized carbons (Fsp3) is 0.458. The van der Waals surface area contributed by atoms with Crippen molar-refractivity contribution in [2.24, 2.45) is 0 Å². The number of imidazole rings is 1. The number of para-hydroxylation sites is 1. The first-order valence-corrected chi connectivity index (χ1v) is 12.7. The highest BCUT2D eigenvalue weighted by Crippen LogP contribution is 2.27. The smallest absolute Gasteiger partial charge is 0.243 e. The fourth-order valence-corrected chi connectivity index (χ4v) is 5.94. The van der Waals surface area contributed by atoms with Gasteiger partial charge in [-0.3, -0.25) is 0 Å². The minimum atomic E-state index is -3.47. The molecule has 6 nitrogen and oxygen atoms in total. The number of aromatic nitrogens is 2. The molecular formula is C24H32N4O2S. The molecule has 1 saturated heterocycles. The summed E-state index contributed by atoms with van der Waals surface area (Å²) in [6.45, 7) is 9.03. The number of sulfonamides is 1. The zero-order valence-corrected chi connectivity index (χ0v) is 19.5. The standard InChI is InChI=1S/C24H32N4O2S/c1-4-28-23-13-12-19(31(29,30)27-14-8-5-9-15-27)16-22(23)26-24(28)17-25-21-11-7-6-10-20(21)18(2)3/h6-7,10-13,16,18,25H,4-5,8-9,14-15,17H2,1-3H3. The van der Waals surface area contributed by atoms with Crippen LogP contribution in [0, 0.1) is 0 Å². The molecule has 4 rings (SSSR count). The number of nitrogens with zero attached hydrogens (tertiary/aromatic N) is 3. The summed E-state index contributed by atoms with van der Waals surface area (Å²) in [4.78, 5) is 5.15. The molecule has 166 valence electrons. The lowest BCUT2D eigenvalue weighted by Crippen LogP contribution is -2.35.